The Labute approximate surface area is 123 Å². The van der Waals surface area contributed by atoms with E-state index in [4.69, 9.17) is 0 Å². The van der Waals surface area contributed by atoms with E-state index in [-0.39, 0.29) is 0 Å². The number of aromatic nitrogens is 2. The Morgan fingerprint density at radius 1 is 1.37 bits per heavy atom. The van der Waals surface area contributed by atoms with Crippen LogP contribution in [0, 0.1) is 0 Å². The Morgan fingerprint density at radius 2 is 2.32 bits per heavy atom. The Bertz CT molecular complexity index is 618. The molecule has 96 valence electrons. The Morgan fingerprint density at radius 3 is 3.05 bits per heavy atom. The van der Waals surface area contributed by atoms with Gasteiger partial charge in [-0.3, -0.25) is 4.99 Å². The van der Waals surface area contributed by atoms with Gasteiger partial charge in [0, 0.05) is 23.7 Å². The number of thiazole rings is 1. The molecular weight excluding hydrogens is 324 g/mol. The van der Waals surface area contributed by atoms with E-state index < -0.39 is 0 Å². The van der Waals surface area contributed by atoms with Gasteiger partial charge >= 0.3 is 0 Å². The van der Waals surface area contributed by atoms with E-state index in [2.05, 4.69) is 47.7 Å². The number of halogens is 1. The minimum atomic E-state index is 0.292. The summed E-state index contributed by atoms with van der Waals surface area (Å²) in [4.78, 5) is 12.9. The first kappa shape index (κ1) is 12.5. The number of nitrogens with one attached hydrogen (secondary N) is 1. The third-order valence-corrected chi connectivity index (χ3v) is 3.97. The molecule has 1 aliphatic heterocycles. The first-order valence-corrected chi connectivity index (χ1v) is 7.51. The van der Waals surface area contributed by atoms with E-state index in [1.54, 1.807) is 17.5 Å². The maximum absolute atomic E-state index is 4.59. The molecule has 0 saturated heterocycles. The Hall–Kier alpha value is -1.53. The number of aliphatic imine (C=N–C) groups is 1. The first-order chi connectivity index (χ1) is 9.31. The maximum atomic E-state index is 4.59. The van der Waals surface area contributed by atoms with Gasteiger partial charge in [-0.15, -0.1) is 11.3 Å². The van der Waals surface area contributed by atoms with Crippen LogP contribution >= 0.6 is 27.3 Å². The zero-order valence-corrected chi connectivity index (χ0v) is 12.4. The molecular formula is C13H11BrN4S. The fraction of sp³-hybridized carbons (Fsp3) is 0.154. The summed E-state index contributed by atoms with van der Waals surface area (Å²) in [7, 11) is 0. The highest BCUT2D eigenvalue weighted by molar-refractivity contribution is 9.10. The molecule has 0 bridgehead atoms. The van der Waals surface area contributed by atoms with Gasteiger partial charge in [0.2, 0.25) is 0 Å². The van der Waals surface area contributed by atoms with Crippen molar-refractivity contribution >= 4 is 44.3 Å². The third kappa shape index (κ3) is 3.08. The van der Waals surface area contributed by atoms with Gasteiger partial charge in [0.1, 0.15) is 4.60 Å². The molecule has 1 unspecified atom stereocenters. The van der Waals surface area contributed by atoms with E-state index >= 15 is 0 Å². The molecule has 0 aliphatic carbocycles. The molecule has 0 spiro atoms. The Kier molecular flexibility index (Phi) is 3.70. The summed E-state index contributed by atoms with van der Waals surface area (Å²) in [5.41, 5.74) is 1.99. The summed E-state index contributed by atoms with van der Waals surface area (Å²) in [5.74, 6) is 0.292. The molecule has 19 heavy (non-hydrogen) atoms. The first-order valence-electron chi connectivity index (χ1n) is 5.83. The quantitative estimate of drug-likeness (QED) is 0.859. The minimum absolute atomic E-state index is 0.292. The van der Waals surface area contributed by atoms with Crippen molar-refractivity contribution in [3.8, 4) is 0 Å². The van der Waals surface area contributed by atoms with E-state index in [0.29, 0.717) is 5.92 Å². The summed E-state index contributed by atoms with van der Waals surface area (Å²) in [6.45, 7) is 0. The smallest absolute Gasteiger partial charge is 0.187 e. The highest BCUT2D eigenvalue weighted by Crippen LogP contribution is 2.27. The molecule has 3 rings (SSSR count). The number of anilines is 2. The predicted molar refractivity (Wildman–Crippen MR) is 82.3 cm³/mol. The lowest BCUT2D eigenvalue weighted by atomic mass is 10.0. The predicted octanol–water partition coefficient (Wildman–Crippen LogP) is 4.12. The summed E-state index contributed by atoms with van der Waals surface area (Å²) in [6.07, 6.45) is 8.58. The van der Waals surface area contributed by atoms with E-state index in [1.807, 2.05) is 24.5 Å². The lowest BCUT2D eigenvalue weighted by Gasteiger charge is -2.08. The van der Waals surface area contributed by atoms with Crippen molar-refractivity contribution in [2.24, 2.45) is 4.99 Å². The summed E-state index contributed by atoms with van der Waals surface area (Å²) in [5, 5.41) is 6.20. The van der Waals surface area contributed by atoms with Crippen LogP contribution in [0.3, 0.4) is 0 Å². The van der Waals surface area contributed by atoms with Crippen molar-refractivity contribution in [3.05, 3.63) is 46.3 Å². The number of allylic oxidation sites excluding steroid dienone is 1. The van der Waals surface area contributed by atoms with Crippen LogP contribution in [0.25, 0.3) is 0 Å². The second-order valence-electron chi connectivity index (χ2n) is 4.10. The molecule has 1 atom stereocenters. The van der Waals surface area contributed by atoms with Crippen LogP contribution in [0.4, 0.5) is 10.8 Å². The van der Waals surface area contributed by atoms with Crippen LogP contribution in [-0.4, -0.2) is 16.2 Å². The average Bonchev–Trinajstić information content (AvgIpc) is 2.91. The molecule has 0 fully saturated rings. The highest BCUT2D eigenvalue weighted by atomic mass is 79.9. The fourth-order valence-corrected chi connectivity index (χ4v) is 2.80. The van der Waals surface area contributed by atoms with Crippen molar-refractivity contribution in [1.29, 1.82) is 0 Å². The minimum Gasteiger partial charge on any atom is -0.330 e. The van der Waals surface area contributed by atoms with Crippen LogP contribution in [0.2, 0.25) is 0 Å². The maximum Gasteiger partial charge on any atom is 0.187 e. The molecule has 0 amide bonds. The molecule has 0 radical (unpaired) electrons. The second-order valence-corrected chi connectivity index (χ2v) is 5.77. The van der Waals surface area contributed by atoms with Crippen molar-refractivity contribution in [2.75, 3.05) is 5.32 Å². The number of hydrogen-bond donors (Lipinski definition) is 1. The Balaban J connectivity index is 1.72. The van der Waals surface area contributed by atoms with Crippen LogP contribution in [0.15, 0.2) is 45.6 Å². The summed E-state index contributed by atoms with van der Waals surface area (Å²) < 4.78 is 0.822. The lowest BCUT2D eigenvalue weighted by Crippen LogP contribution is -2.02. The molecule has 1 N–H and O–H groups in total. The molecule has 1 aliphatic rings. The van der Waals surface area contributed by atoms with Gasteiger partial charge < -0.3 is 5.32 Å². The standard InChI is InChI=1S/C13H11BrN4S/c14-12-4-3-10(7-16-12)17-13-18-11(8-19-13)9-2-1-5-15-6-9/h1,3-9H,2H2,(H,17,18). The van der Waals surface area contributed by atoms with Crippen LogP contribution in [-0.2, 0) is 0 Å². The number of pyridine rings is 1. The van der Waals surface area contributed by atoms with E-state index in [0.717, 1.165) is 27.5 Å². The zero-order chi connectivity index (χ0) is 13.1. The van der Waals surface area contributed by atoms with Crippen molar-refractivity contribution in [3.63, 3.8) is 0 Å². The van der Waals surface area contributed by atoms with Gasteiger partial charge in [-0.1, -0.05) is 6.08 Å². The lowest BCUT2D eigenvalue weighted by molar-refractivity contribution is 0.877. The van der Waals surface area contributed by atoms with Gasteiger partial charge in [-0.25, -0.2) is 9.97 Å². The van der Waals surface area contributed by atoms with E-state index in [9.17, 15) is 0 Å². The number of rotatable bonds is 3. The van der Waals surface area contributed by atoms with Crippen molar-refractivity contribution in [1.82, 2.24) is 9.97 Å². The average molecular weight is 335 g/mol. The monoisotopic (exact) mass is 334 g/mol. The number of nitrogens with zero attached hydrogens (tertiary/aromatic N) is 3. The van der Waals surface area contributed by atoms with Gasteiger partial charge in [-0.05, 0) is 34.5 Å². The second kappa shape index (κ2) is 5.63. The van der Waals surface area contributed by atoms with E-state index in [1.165, 1.54) is 0 Å². The van der Waals surface area contributed by atoms with Crippen LogP contribution in [0.1, 0.15) is 18.0 Å². The number of hydrogen-bond acceptors (Lipinski definition) is 5. The van der Waals surface area contributed by atoms with Crippen molar-refractivity contribution < 1.29 is 0 Å². The normalized spacial score (nSPS) is 17.6. The molecule has 2 aromatic heterocycles. The van der Waals surface area contributed by atoms with Crippen LogP contribution < -0.4 is 5.32 Å². The van der Waals surface area contributed by atoms with Gasteiger partial charge in [-0.2, -0.15) is 0 Å². The summed E-state index contributed by atoms with van der Waals surface area (Å²) in [6, 6.07) is 3.86. The zero-order valence-electron chi connectivity index (χ0n) is 9.95. The molecule has 0 saturated carbocycles. The highest BCUT2D eigenvalue weighted by Gasteiger charge is 2.13. The topological polar surface area (TPSA) is 50.2 Å². The largest absolute Gasteiger partial charge is 0.330 e. The molecule has 6 heteroatoms. The van der Waals surface area contributed by atoms with Crippen molar-refractivity contribution in [2.45, 2.75) is 12.3 Å². The molecule has 4 nitrogen and oxygen atoms in total. The van der Waals surface area contributed by atoms with Gasteiger partial charge in [0.15, 0.2) is 5.13 Å². The molecule has 0 aromatic carbocycles. The SMILES string of the molecule is Brc1ccc(Nc2nc(C3C=NC=CC3)cs2)cn1. The van der Waals surface area contributed by atoms with Gasteiger partial charge in [0.05, 0.1) is 17.6 Å². The van der Waals surface area contributed by atoms with Gasteiger partial charge in [0.25, 0.3) is 0 Å². The fourth-order valence-electron chi connectivity index (χ4n) is 1.77. The molecule has 2 aromatic rings. The summed E-state index contributed by atoms with van der Waals surface area (Å²) >= 11 is 4.91. The third-order valence-electron chi connectivity index (χ3n) is 2.73. The molecule has 3 heterocycles. The van der Waals surface area contributed by atoms with Crippen LogP contribution in [0.5, 0.6) is 0 Å².